The highest BCUT2D eigenvalue weighted by atomic mass is 16.5. The zero-order valence-electron chi connectivity index (χ0n) is 15.2. The standard InChI is InChI=1S/C21H22N2O3/c1-4-19-18(17-7-5-6-8-20(17)26-19)12-22-23-21(24)13-25-16-10-9-14(2)15(3)11-16/h5-12H,4,13H2,1-3H3,(H,23,24)/b22-12-. The molecule has 0 spiro atoms. The van der Waals surface area contributed by atoms with Crippen LogP contribution in [0, 0.1) is 13.8 Å². The molecule has 134 valence electrons. The van der Waals surface area contributed by atoms with Crippen molar-refractivity contribution in [1.82, 2.24) is 5.43 Å². The Labute approximate surface area is 152 Å². The van der Waals surface area contributed by atoms with E-state index in [2.05, 4.69) is 10.5 Å². The summed E-state index contributed by atoms with van der Waals surface area (Å²) in [6.07, 6.45) is 2.37. The molecule has 1 aromatic heterocycles. The molecule has 0 saturated heterocycles. The first-order chi connectivity index (χ1) is 12.6. The zero-order chi connectivity index (χ0) is 18.5. The van der Waals surface area contributed by atoms with Gasteiger partial charge in [0.1, 0.15) is 17.1 Å². The van der Waals surface area contributed by atoms with E-state index in [1.54, 1.807) is 6.21 Å². The predicted octanol–water partition coefficient (Wildman–Crippen LogP) is 4.14. The highest BCUT2D eigenvalue weighted by Crippen LogP contribution is 2.24. The van der Waals surface area contributed by atoms with Gasteiger partial charge in [0.2, 0.25) is 0 Å². The van der Waals surface area contributed by atoms with Gasteiger partial charge < -0.3 is 9.15 Å². The molecule has 5 heteroatoms. The fraction of sp³-hybridized carbons (Fsp3) is 0.238. The number of hydrogen-bond donors (Lipinski definition) is 1. The molecule has 0 aliphatic heterocycles. The fourth-order valence-corrected chi connectivity index (χ4v) is 2.67. The van der Waals surface area contributed by atoms with E-state index >= 15 is 0 Å². The molecule has 26 heavy (non-hydrogen) atoms. The average Bonchev–Trinajstić information content (AvgIpc) is 3.00. The number of nitrogens with zero attached hydrogens (tertiary/aromatic N) is 1. The molecule has 1 N–H and O–H groups in total. The lowest BCUT2D eigenvalue weighted by atomic mass is 10.1. The van der Waals surface area contributed by atoms with Crippen molar-refractivity contribution in [3.8, 4) is 5.75 Å². The molecule has 0 atom stereocenters. The summed E-state index contributed by atoms with van der Waals surface area (Å²) in [4.78, 5) is 11.9. The Balaban J connectivity index is 1.61. The van der Waals surface area contributed by atoms with Gasteiger partial charge in [0.25, 0.3) is 5.91 Å². The van der Waals surface area contributed by atoms with Crippen molar-refractivity contribution in [2.24, 2.45) is 5.10 Å². The second kappa shape index (κ2) is 7.87. The Bertz CT molecular complexity index is 957. The lowest BCUT2D eigenvalue weighted by Gasteiger charge is -2.07. The summed E-state index contributed by atoms with van der Waals surface area (Å²) in [5, 5.41) is 5.03. The molecule has 0 radical (unpaired) electrons. The van der Waals surface area contributed by atoms with Gasteiger partial charge in [0.05, 0.1) is 6.21 Å². The summed E-state index contributed by atoms with van der Waals surface area (Å²) in [6, 6.07) is 13.5. The first-order valence-corrected chi connectivity index (χ1v) is 8.61. The number of rotatable bonds is 6. The van der Waals surface area contributed by atoms with E-state index in [1.807, 2.05) is 63.2 Å². The van der Waals surface area contributed by atoms with E-state index in [9.17, 15) is 4.79 Å². The van der Waals surface area contributed by atoms with Crippen LogP contribution in [0.4, 0.5) is 0 Å². The van der Waals surface area contributed by atoms with Crippen molar-refractivity contribution in [2.45, 2.75) is 27.2 Å². The number of carbonyl (C=O) groups is 1. The Morgan fingerprint density at radius 2 is 2.00 bits per heavy atom. The van der Waals surface area contributed by atoms with E-state index in [1.165, 1.54) is 5.56 Å². The molecule has 0 aliphatic rings. The largest absolute Gasteiger partial charge is 0.484 e. The van der Waals surface area contributed by atoms with Gasteiger partial charge in [0.15, 0.2) is 6.61 Å². The van der Waals surface area contributed by atoms with Gasteiger partial charge in [0, 0.05) is 17.4 Å². The smallest absolute Gasteiger partial charge is 0.277 e. The molecule has 0 unspecified atom stereocenters. The molecule has 0 bridgehead atoms. The summed E-state index contributed by atoms with van der Waals surface area (Å²) in [5.74, 6) is 1.20. The summed E-state index contributed by atoms with van der Waals surface area (Å²) < 4.78 is 11.3. The van der Waals surface area contributed by atoms with Gasteiger partial charge in [-0.2, -0.15) is 5.10 Å². The van der Waals surface area contributed by atoms with E-state index in [0.29, 0.717) is 5.75 Å². The van der Waals surface area contributed by atoms with Gasteiger partial charge in [-0.05, 0) is 43.2 Å². The molecule has 1 heterocycles. The first kappa shape index (κ1) is 17.7. The molecule has 5 nitrogen and oxygen atoms in total. The maximum atomic E-state index is 11.9. The van der Waals surface area contributed by atoms with Gasteiger partial charge in [-0.15, -0.1) is 0 Å². The molecule has 2 aromatic carbocycles. The number of hydrogen-bond acceptors (Lipinski definition) is 4. The van der Waals surface area contributed by atoms with Crippen LogP contribution < -0.4 is 10.2 Å². The van der Waals surface area contributed by atoms with Crippen LogP contribution in [-0.2, 0) is 11.2 Å². The highest BCUT2D eigenvalue weighted by molar-refractivity contribution is 5.99. The minimum Gasteiger partial charge on any atom is -0.484 e. The quantitative estimate of drug-likeness (QED) is 0.537. The lowest BCUT2D eigenvalue weighted by molar-refractivity contribution is -0.123. The molecule has 0 saturated carbocycles. The molecular weight excluding hydrogens is 328 g/mol. The van der Waals surface area contributed by atoms with Crippen molar-refractivity contribution >= 4 is 23.1 Å². The van der Waals surface area contributed by atoms with Crippen molar-refractivity contribution in [3.05, 3.63) is 64.9 Å². The van der Waals surface area contributed by atoms with E-state index < -0.39 is 0 Å². The molecule has 3 aromatic rings. The van der Waals surface area contributed by atoms with Crippen LogP contribution in [-0.4, -0.2) is 18.7 Å². The fourth-order valence-electron chi connectivity index (χ4n) is 2.67. The van der Waals surface area contributed by atoms with Crippen LogP contribution >= 0.6 is 0 Å². The number of benzene rings is 2. The number of carbonyl (C=O) groups excluding carboxylic acids is 1. The first-order valence-electron chi connectivity index (χ1n) is 8.61. The van der Waals surface area contributed by atoms with Crippen LogP contribution in [0.1, 0.15) is 29.4 Å². The Kier molecular flexibility index (Phi) is 5.37. The number of furan rings is 1. The molecule has 3 rings (SSSR count). The monoisotopic (exact) mass is 350 g/mol. The van der Waals surface area contributed by atoms with Crippen molar-refractivity contribution in [3.63, 3.8) is 0 Å². The summed E-state index contributed by atoms with van der Waals surface area (Å²) >= 11 is 0. The zero-order valence-corrected chi connectivity index (χ0v) is 15.2. The summed E-state index contributed by atoms with van der Waals surface area (Å²) in [7, 11) is 0. The SMILES string of the molecule is CCc1oc2ccccc2c1/C=N\NC(=O)COc1ccc(C)c(C)c1. The normalized spacial score (nSPS) is 11.2. The van der Waals surface area contributed by atoms with Crippen molar-refractivity contribution < 1.29 is 13.9 Å². The van der Waals surface area contributed by atoms with Crippen LogP contribution in [0.25, 0.3) is 11.0 Å². The third-order valence-electron chi connectivity index (χ3n) is 4.26. The number of aryl methyl sites for hydroxylation is 3. The van der Waals surface area contributed by atoms with Crippen molar-refractivity contribution in [1.29, 1.82) is 0 Å². The number of hydrazone groups is 1. The van der Waals surface area contributed by atoms with E-state index in [0.717, 1.165) is 34.3 Å². The molecule has 0 fully saturated rings. The van der Waals surface area contributed by atoms with E-state index in [4.69, 9.17) is 9.15 Å². The van der Waals surface area contributed by atoms with Gasteiger partial charge in [-0.25, -0.2) is 5.43 Å². The van der Waals surface area contributed by atoms with Gasteiger partial charge in [-0.1, -0.05) is 31.2 Å². The van der Waals surface area contributed by atoms with Crippen molar-refractivity contribution in [2.75, 3.05) is 6.61 Å². The second-order valence-electron chi connectivity index (χ2n) is 6.12. The molecule has 0 aliphatic carbocycles. The molecule has 1 amide bonds. The number of amides is 1. The third-order valence-corrected chi connectivity index (χ3v) is 4.26. The second-order valence-corrected chi connectivity index (χ2v) is 6.12. The highest BCUT2D eigenvalue weighted by Gasteiger charge is 2.10. The van der Waals surface area contributed by atoms with Gasteiger partial charge >= 0.3 is 0 Å². The van der Waals surface area contributed by atoms with Crippen LogP contribution in [0.3, 0.4) is 0 Å². The maximum absolute atomic E-state index is 11.9. The summed E-state index contributed by atoms with van der Waals surface area (Å²) in [5.41, 5.74) is 6.51. The van der Waals surface area contributed by atoms with Crippen LogP contribution in [0.15, 0.2) is 52.0 Å². The number of ether oxygens (including phenoxy) is 1. The Morgan fingerprint density at radius 1 is 1.19 bits per heavy atom. The summed E-state index contributed by atoms with van der Waals surface area (Å²) in [6.45, 7) is 5.97. The predicted molar refractivity (Wildman–Crippen MR) is 103 cm³/mol. The maximum Gasteiger partial charge on any atom is 0.277 e. The minimum absolute atomic E-state index is 0.0907. The number of para-hydroxylation sites is 1. The van der Waals surface area contributed by atoms with Crippen LogP contribution in [0.5, 0.6) is 5.75 Å². The van der Waals surface area contributed by atoms with Gasteiger partial charge in [-0.3, -0.25) is 4.79 Å². The third kappa shape index (κ3) is 3.94. The minimum atomic E-state index is -0.315. The Morgan fingerprint density at radius 3 is 2.77 bits per heavy atom. The van der Waals surface area contributed by atoms with E-state index in [-0.39, 0.29) is 12.5 Å². The number of nitrogens with one attached hydrogen (secondary N) is 1. The Hall–Kier alpha value is -3.08. The number of fused-ring (bicyclic) bond motifs is 1. The average molecular weight is 350 g/mol. The van der Waals surface area contributed by atoms with Crippen LogP contribution in [0.2, 0.25) is 0 Å². The topological polar surface area (TPSA) is 63.8 Å². The molecular formula is C21H22N2O3. The lowest BCUT2D eigenvalue weighted by Crippen LogP contribution is -2.24.